The Morgan fingerprint density at radius 3 is 1.11 bits per heavy atom. The van der Waals surface area contributed by atoms with E-state index in [-0.39, 0.29) is 18.9 Å². The van der Waals surface area contributed by atoms with E-state index in [1.807, 2.05) is 6.08 Å². The van der Waals surface area contributed by atoms with E-state index in [9.17, 15) is 61.0 Å². The SMILES string of the molecule is CCCCCCCCCCCCCCCC/C=C/CC/C=C/C(O)C(COC1OC(CO)C(OC2OC(CO)C(OC3OC(CO)C(O)C(O)C3O)C(O)C2O)C(O)C1O)NC(=O)CCCCCCCCCCCCCCCCCCCCCCCCCCC. The molecule has 3 saturated heterocycles. The van der Waals surface area contributed by atoms with E-state index in [0.29, 0.717) is 12.8 Å². The molecule has 3 aliphatic rings. The van der Waals surface area contributed by atoms with Crippen LogP contribution in [-0.4, -0.2) is 193 Å². The van der Waals surface area contributed by atoms with Gasteiger partial charge in [0.15, 0.2) is 18.9 Å². The molecule has 3 aliphatic heterocycles. The summed E-state index contributed by atoms with van der Waals surface area (Å²) >= 11 is 0. The molecule has 1 amide bonds. The zero-order valence-electron chi connectivity index (χ0n) is 56.1. The molecule has 17 unspecified atom stereocenters. The van der Waals surface area contributed by atoms with Crippen molar-refractivity contribution >= 4 is 5.91 Å². The lowest BCUT2D eigenvalue weighted by molar-refractivity contribution is -0.379. The zero-order valence-corrected chi connectivity index (χ0v) is 56.1. The molecular formula is C71H133NO18. The minimum atomic E-state index is -1.98. The van der Waals surface area contributed by atoms with Crippen molar-refractivity contribution < 1.29 is 89.4 Å². The van der Waals surface area contributed by atoms with Crippen LogP contribution >= 0.6 is 0 Å². The maximum atomic E-state index is 13.4. The van der Waals surface area contributed by atoms with Gasteiger partial charge in [0, 0.05) is 6.42 Å². The highest BCUT2D eigenvalue weighted by atomic mass is 16.8. The molecule has 0 spiro atoms. The van der Waals surface area contributed by atoms with Crippen LogP contribution in [0.3, 0.4) is 0 Å². The second-order valence-corrected chi connectivity index (χ2v) is 26.4. The first-order valence-corrected chi connectivity index (χ1v) is 36.6. The molecule has 3 fully saturated rings. The quantitative estimate of drug-likeness (QED) is 0.0199. The zero-order chi connectivity index (χ0) is 65.4. The number of hydrogen-bond donors (Lipinski definition) is 12. The highest BCUT2D eigenvalue weighted by Crippen LogP contribution is 2.33. The second-order valence-electron chi connectivity index (χ2n) is 26.4. The van der Waals surface area contributed by atoms with Crippen molar-refractivity contribution in [1.82, 2.24) is 5.32 Å². The maximum Gasteiger partial charge on any atom is 0.220 e. The van der Waals surface area contributed by atoms with Gasteiger partial charge in [-0.15, -0.1) is 0 Å². The van der Waals surface area contributed by atoms with Crippen LogP contribution in [0.25, 0.3) is 0 Å². The average Bonchev–Trinajstić information content (AvgIpc) is 1.02. The number of ether oxygens (including phenoxy) is 6. The molecule has 0 aromatic heterocycles. The van der Waals surface area contributed by atoms with Gasteiger partial charge in [-0.1, -0.05) is 276 Å². The Labute approximate surface area is 543 Å². The van der Waals surface area contributed by atoms with Gasteiger partial charge in [0.1, 0.15) is 73.2 Å². The van der Waals surface area contributed by atoms with E-state index in [1.165, 1.54) is 218 Å². The van der Waals surface area contributed by atoms with Crippen molar-refractivity contribution in [2.75, 3.05) is 26.4 Å². The average molecular weight is 1290 g/mol. The Balaban J connectivity index is 1.43. The van der Waals surface area contributed by atoms with Crippen LogP contribution in [0, 0.1) is 0 Å². The van der Waals surface area contributed by atoms with Crippen LogP contribution in [0.4, 0.5) is 0 Å². The monoisotopic (exact) mass is 1290 g/mol. The highest BCUT2D eigenvalue weighted by Gasteiger charge is 2.53. The van der Waals surface area contributed by atoms with Gasteiger partial charge in [0.25, 0.3) is 0 Å². The molecule has 530 valence electrons. The standard InChI is InChI=1S/C71H133NO18/c1-3-5-7-9-11-13-15-17-19-21-23-25-26-27-28-29-31-33-35-37-39-41-43-45-47-49-59(77)72-54(55(76)48-46-44-42-40-38-36-34-32-30-24-22-20-18-16-14-12-10-8-6-4-2)53-85-69-65(83)62(80)67(57(51-74)87-69)90-71-66(84)63(81)68(58(52-75)88-71)89-70-64(82)61(79)60(78)56(50-73)86-70/h38,40,46,48,54-58,60-71,73-76,78-84H,3-37,39,41-45,47,49-53H2,1-2H3,(H,72,77)/b40-38+,48-46+. The molecule has 0 radical (unpaired) electrons. The van der Waals surface area contributed by atoms with Crippen molar-refractivity contribution in [3.8, 4) is 0 Å². The van der Waals surface area contributed by atoms with Gasteiger partial charge in [-0.2, -0.15) is 0 Å². The number of carbonyl (C=O) groups excluding carboxylic acids is 1. The van der Waals surface area contributed by atoms with Crippen LogP contribution in [0.15, 0.2) is 24.3 Å². The molecule has 0 aliphatic carbocycles. The second kappa shape index (κ2) is 53.4. The predicted octanol–water partition coefficient (Wildman–Crippen LogP) is 10.2. The Bertz CT molecular complexity index is 1730. The van der Waals surface area contributed by atoms with E-state index in [1.54, 1.807) is 6.08 Å². The summed E-state index contributed by atoms with van der Waals surface area (Å²) in [7, 11) is 0. The number of allylic oxidation sites excluding steroid dienone is 3. The van der Waals surface area contributed by atoms with Crippen molar-refractivity contribution in [1.29, 1.82) is 0 Å². The third-order valence-corrected chi connectivity index (χ3v) is 18.5. The molecule has 90 heavy (non-hydrogen) atoms. The van der Waals surface area contributed by atoms with Gasteiger partial charge in [0.2, 0.25) is 5.91 Å². The molecule has 0 bridgehead atoms. The molecule has 0 aromatic carbocycles. The number of aliphatic hydroxyl groups excluding tert-OH is 11. The van der Waals surface area contributed by atoms with E-state index in [4.69, 9.17) is 28.4 Å². The molecule has 0 saturated carbocycles. The fraction of sp³-hybridized carbons (Fsp3) is 0.930. The number of carbonyl (C=O) groups is 1. The van der Waals surface area contributed by atoms with E-state index in [2.05, 4.69) is 31.3 Å². The summed E-state index contributed by atoms with van der Waals surface area (Å²) in [6, 6.07) is -0.987. The van der Waals surface area contributed by atoms with Gasteiger partial charge < -0.3 is 89.9 Å². The van der Waals surface area contributed by atoms with Crippen LogP contribution in [0.2, 0.25) is 0 Å². The predicted molar refractivity (Wildman–Crippen MR) is 351 cm³/mol. The van der Waals surface area contributed by atoms with Crippen LogP contribution in [0.1, 0.15) is 290 Å². The number of hydrogen-bond acceptors (Lipinski definition) is 18. The molecule has 17 atom stereocenters. The molecule has 0 aromatic rings. The summed E-state index contributed by atoms with van der Waals surface area (Å²) in [5.74, 6) is -0.279. The van der Waals surface area contributed by atoms with Crippen molar-refractivity contribution in [2.45, 2.75) is 394 Å². The van der Waals surface area contributed by atoms with Gasteiger partial charge in [-0.3, -0.25) is 4.79 Å². The van der Waals surface area contributed by atoms with Crippen molar-refractivity contribution in [2.24, 2.45) is 0 Å². The van der Waals surface area contributed by atoms with Gasteiger partial charge in [-0.05, 0) is 32.1 Å². The minimum Gasteiger partial charge on any atom is -0.394 e. The lowest BCUT2D eigenvalue weighted by Crippen LogP contribution is -2.66. The third kappa shape index (κ3) is 34.8. The highest BCUT2D eigenvalue weighted by molar-refractivity contribution is 5.76. The normalized spacial score (nSPS) is 28.1. The molecule has 3 heterocycles. The summed E-state index contributed by atoms with van der Waals surface area (Å²) in [6.45, 7) is 1.76. The number of unbranched alkanes of at least 4 members (excludes halogenated alkanes) is 39. The first-order chi connectivity index (χ1) is 43.8. The third-order valence-electron chi connectivity index (χ3n) is 18.5. The van der Waals surface area contributed by atoms with E-state index in [0.717, 1.165) is 38.5 Å². The van der Waals surface area contributed by atoms with Gasteiger partial charge >= 0.3 is 0 Å². The Kier molecular flexibility index (Phi) is 49.0. The van der Waals surface area contributed by atoms with E-state index >= 15 is 0 Å². The smallest absolute Gasteiger partial charge is 0.220 e. The van der Waals surface area contributed by atoms with Crippen LogP contribution < -0.4 is 5.32 Å². The molecular weight excluding hydrogens is 1150 g/mol. The molecule has 3 rings (SSSR count). The van der Waals surface area contributed by atoms with Gasteiger partial charge in [-0.25, -0.2) is 0 Å². The molecule has 19 heteroatoms. The summed E-state index contributed by atoms with van der Waals surface area (Å²) in [4.78, 5) is 13.4. The lowest BCUT2D eigenvalue weighted by atomic mass is 9.96. The first-order valence-electron chi connectivity index (χ1n) is 36.6. The van der Waals surface area contributed by atoms with E-state index < -0.39 is 124 Å². The summed E-state index contributed by atoms with van der Waals surface area (Å²) in [5.41, 5.74) is 0. The van der Waals surface area contributed by atoms with Crippen molar-refractivity contribution in [3.63, 3.8) is 0 Å². The first kappa shape index (κ1) is 82.5. The summed E-state index contributed by atoms with van der Waals surface area (Å²) < 4.78 is 34.4. The Morgan fingerprint density at radius 1 is 0.389 bits per heavy atom. The Hall–Kier alpha value is -1.73. The minimum absolute atomic E-state index is 0.241. The topological polar surface area (TPSA) is 307 Å². The number of aliphatic hydroxyl groups is 11. The van der Waals surface area contributed by atoms with Crippen LogP contribution in [0.5, 0.6) is 0 Å². The van der Waals surface area contributed by atoms with Crippen molar-refractivity contribution in [3.05, 3.63) is 24.3 Å². The molecule has 12 N–H and O–H groups in total. The fourth-order valence-corrected chi connectivity index (χ4v) is 12.6. The van der Waals surface area contributed by atoms with Gasteiger partial charge in [0.05, 0.1) is 38.6 Å². The summed E-state index contributed by atoms with van der Waals surface area (Å²) in [6.07, 6.45) is 34.5. The maximum absolute atomic E-state index is 13.4. The Morgan fingerprint density at radius 2 is 0.711 bits per heavy atom. The summed E-state index contributed by atoms with van der Waals surface area (Å²) in [5, 5.41) is 121. The molecule has 19 nitrogen and oxygen atoms in total. The fourth-order valence-electron chi connectivity index (χ4n) is 12.6. The largest absolute Gasteiger partial charge is 0.394 e. The lowest BCUT2D eigenvalue weighted by Gasteiger charge is -2.48. The number of rotatable bonds is 57. The van der Waals surface area contributed by atoms with Crippen LogP contribution in [-0.2, 0) is 33.2 Å². The number of amides is 1. The number of nitrogens with one attached hydrogen (secondary N) is 1.